The van der Waals surface area contributed by atoms with Gasteiger partial charge in [0.1, 0.15) is 17.5 Å². The smallest absolute Gasteiger partial charge is 0.410 e. The van der Waals surface area contributed by atoms with Gasteiger partial charge in [-0.15, -0.1) is 5.10 Å². The number of nitrogens with zero attached hydrogens (tertiary/aromatic N) is 6. The minimum atomic E-state index is -0.717. The number of rotatable bonds is 5. The third-order valence-electron chi connectivity index (χ3n) is 9.10. The highest BCUT2D eigenvalue weighted by Crippen LogP contribution is 2.36. The van der Waals surface area contributed by atoms with Gasteiger partial charge < -0.3 is 14.5 Å². The fraction of sp³-hybridized carbons (Fsp3) is 0.613. The Morgan fingerprint density at radius 1 is 1.05 bits per heavy atom. The number of fused-ring (bicyclic) bond motifs is 1. The van der Waals surface area contributed by atoms with Crippen LogP contribution >= 0.6 is 0 Å². The van der Waals surface area contributed by atoms with Crippen molar-refractivity contribution < 1.29 is 28.3 Å². The van der Waals surface area contributed by atoms with Crippen molar-refractivity contribution in [1.29, 1.82) is 0 Å². The van der Waals surface area contributed by atoms with E-state index in [1.165, 1.54) is 11.0 Å². The lowest BCUT2D eigenvalue weighted by molar-refractivity contribution is -0.136. The van der Waals surface area contributed by atoms with Gasteiger partial charge >= 0.3 is 6.09 Å². The van der Waals surface area contributed by atoms with Crippen LogP contribution in [0.2, 0.25) is 0 Å². The van der Waals surface area contributed by atoms with Gasteiger partial charge in [0.15, 0.2) is 0 Å². The number of nitrogens with one attached hydrogen (secondary N) is 1. The average Bonchev–Trinajstić information content (AvgIpc) is 3.56. The Kier molecular flexibility index (Phi) is 8.16. The summed E-state index contributed by atoms with van der Waals surface area (Å²) >= 11 is 0. The van der Waals surface area contributed by atoms with Gasteiger partial charge in [0, 0.05) is 38.2 Å². The molecule has 0 aliphatic carbocycles. The second kappa shape index (κ2) is 11.9. The molecular formula is C31H40FN7O5. The molecule has 4 aliphatic rings. The van der Waals surface area contributed by atoms with Gasteiger partial charge in [0.2, 0.25) is 11.8 Å². The fourth-order valence-electron chi connectivity index (χ4n) is 6.76. The Morgan fingerprint density at radius 2 is 1.77 bits per heavy atom. The Balaban J connectivity index is 1.01. The summed E-state index contributed by atoms with van der Waals surface area (Å²) < 4.78 is 22.7. The molecule has 12 nitrogen and oxygen atoms in total. The molecule has 0 radical (unpaired) electrons. The van der Waals surface area contributed by atoms with Gasteiger partial charge in [-0.05, 0) is 89.1 Å². The lowest BCUT2D eigenvalue weighted by atomic mass is 9.87. The summed E-state index contributed by atoms with van der Waals surface area (Å²) in [4.78, 5) is 54.8. The molecule has 5 heterocycles. The Morgan fingerprint density at radius 3 is 2.45 bits per heavy atom. The van der Waals surface area contributed by atoms with E-state index in [2.05, 4.69) is 20.5 Å². The minimum Gasteiger partial charge on any atom is -0.444 e. The predicted molar refractivity (Wildman–Crippen MR) is 156 cm³/mol. The Bertz CT molecular complexity index is 1450. The zero-order valence-electron chi connectivity index (χ0n) is 25.6. The first-order valence-corrected chi connectivity index (χ1v) is 15.5. The molecule has 2 aromatic rings. The van der Waals surface area contributed by atoms with Gasteiger partial charge in [-0.2, -0.15) is 0 Å². The highest BCUT2D eigenvalue weighted by molar-refractivity contribution is 6.05. The van der Waals surface area contributed by atoms with Gasteiger partial charge in [-0.1, -0.05) is 11.3 Å². The number of piperidine rings is 3. The summed E-state index contributed by atoms with van der Waals surface area (Å²) in [5.74, 6) is -1.53. The lowest BCUT2D eigenvalue weighted by Crippen LogP contribution is -2.52. The summed E-state index contributed by atoms with van der Waals surface area (Å²) in [5.41, 5.74) is 2.01. The topological polar surface area (TPSA) is 130 Å². The summed E-state index contributed by atoms with van der Waals surface area (Å²) in [6, 6.07) is 2.59. The second-order valence-corrected chi connectivity index (χ2v) is 13.4. The van der Waals surface area contributed by atoms with Crippen molar-refractivity contribution in [3.05, 3.63) is 46.5 Å². The fourth-order valence-corrected chi connectivity index (χ4v) is 6.76. The van der Waals surface area contributed by atoms with E-state index in [9.17, 15) is 19.2 Å². The van der Waals surface area contributed by atoms with Crippen LogP contribution < -0.4 is 5.32 Å². The Labute approximate surface area is 255 Å². The normalized spacial score (nSPS) is 22.4. The molecule has 3 fully saturated rings. The number of ether oxygens (including phenoxy) is 1. The van der Waals surface area contributed by atoms with Crippen molar-refractivity contribution in [1.82, 2.24) is 35.0 Å². The number of imide groups is 1. The van der Waals surface area contributed by atoms with E-state index < -0.39 is 17.6 Å². The van der Waals surface area contributed by atoms with E-state index >= 15 is 4.39 Å². The molecule has 1 atom stereocenters. The van der Waals surface area contributed by atoms with Crippen LogP contribution in [0.3, 0.4) is 0 Å². The highest BCUT2D eigenvalue weighted by Gasteiger charge is 2.40. The van der Waals surface area contributed by atoms with Crippen molar-refractivity contribution >= 4 is 23.8 Å². The van der Waals surface area contributed by atoms with Crippen molar-refractivity contribution in [3.8, 4) is 0 Å². The number of halogens is 1. The maximum Gasteiger partial charge on any atom is 0.410 e. The number of hydrogen-bond donors (Lipinski definition) is 1. The molecule has 13 heteroatoms. The molecule has 236 valence electrons. The number of benzene rings is 1. The quantitative estimate of drug-likeness (QED) is 0.512. The zero-order chi connectivity index (χ0) is 31.2. The van der Waals surface area contributed by atoms with E-state index in [1.807, 2.05) is 31.6 Å². The van der Waals surface area contributed by atoms with E-state index in [4.69, 9.17) is 4.74 Å². The molecule has 0 spiro atoms. The molecule has 0 saturated carbocycles. The number of amides is 4. The molecule has 44 heavy (non-hydrogen) atoms. The predicted octanol–water partition coefficient (Wildman–Crippen LogP) is 3.13. The van der Waals surface area contributed by atoms with Crippen LogP contribution in [0, 0.1) is 5.82 Å². The number of aromatic nitrogens is 3. The molecule has 4 amide bonds. The molecule has 6 rings (SSSR count). The summed E-state index contributed by atoms with van der Waals surface area (Å²) in [5, 5.41) is 11.1. The third kappa shape index (κ3) is 6.33. The average molecular weight is 610 g/mol. The van der Waals surface area contributed by atoms with E-state index in [0.717, 1.165) is 50.0 Å². The van der Waals surface area contributed by atoms with Crippen LogP contribution in [0.15, 0.2) is 18.3 Å². The second-order valence-electron chi connectivity index (χ2n) is 13.4. The molecule has 1 unspecified atom stereocenters. The van der Waals surface area contributed by atoms with Crippen LogP contribution in [0.4, 0.5) is 9.18 Å². The van der Waals surface area contributed by atoms with E-state index in [0.29, 0.717) is 30.8 Å². The highest BCUT2D eigenvalue weighted by atomic mass is 19.1. The van der Waals surface area contributed by atoms with Gasteiger partial charge in [0.25, 0.3) is 5.91 Å². The number of carbonyl (C=O) groups is 4. The molecule has 1 aromatic heterocycles. The van der Waals surface area contributed by atoms with Crippen LogP contribution in [-0.4, -0.2) is 91.3 Å². The summed E-state index contributed by atoms with van der Waals surface area (Å²) in [7, 11) is 0. The molecule has 3 saturated heterocycles. The molecule has 4 aliphatic heterocycles. The minimum absolute atomic E-state index is 0.0298. The van der Waals surface area contributed by atoms with Crippen LogP contribution in [0.5, 0.6) is 0 Å². The molecule has 1 N–H and O–H groups in total. The van der Waals surface area contributed by atoms with Crippen LogP contribution in [-0.2, 0) is 27.4 Å². The molecule has 0 bridgehead atoms. The standard InChI is InChI=1S/C31H40FN7O5/c1-31(2,3)44-30(43)37-12-8-22(9-13-37)39-18-21(34-35-39)17-36-10-6-19(7-11-36)23-14-20-16-38(29(42)24(20)15-25(23)32)26-4-5-27(40)33-28(26)41/h14-15,18-19,22,26H,4-13,16-17H2,1-3H3,(H,33,40,41). The van der Waals surface area contributed by atoms with E-state index in [1.54, 1.807) is 11.0 Å². The van der Waals surface area contributed by atoms with Gasteiger partial charge in [0.05, 0.1) is 17.9 Å². The monoisotopic (exact) mass is 609 g/mol. The maximum atomic E-state index is 15.3. The largest absolute Gasteiger partial charge is 0.444 e. The van der Waals surface area contributed by atoms with Gasteiger partial charge in [-0.25, -0.2) is 13.9 Å². The van der Waals surface area contributed by atoms with E-state index in [-0.39, 0.29) is 55.1 Å². The van der Waals surface area contributed by atoms with Crippen molar-refractivity contribution in [2.24, 2.45) is 0 Å². The number of likely N-dealkylation sites (tertiary alicyclic amines) is 2. The maximum absolute atomic E-state index is 15.3. The van der Waals surface area contributed by atoms with Crippen molar-refractivity contribution in [3.63, 3.8) is 0 Å². The van der Waals surface area contributed by atoms with Crippen molar-refractivity contribution in [2.45, 2.75) is 96.0 Å². The first-order chi connectivity index (χ1) is 20.9. The SMILES string of the molecule is CC(C)(C)OC(=O)N1CCC(n2cc(CN3CCC(c4cc5c(cc4F)C(=O)N(C4CCC(=O)NC4=O)C5)CC3)nn2)CC1. The lowest BCUT2D eigenvalue weighted by Gasteiger charge is -2.33. The van der Waals surface area contributed by atoms with Crippen molar-refractivity contribution in [2.75, 3.05) is 26.2 Å². The summed E-state index contributed by atoms with van der Waals surface area (Å²) in [6.45, 7) is 9.29. The van der Waals surface area contributed by atoms with Crippen LogP contribution in [0.1, 0.15) is 98.4 Å². The Hall–Kier alpha value is -3.87. The first-order valence-electron chi connectivity index (χ1n) is 15.5. The van der Waals surface area contributed by atoms with Gasteiger partial charge in [-0.3, -0.25) is 24.6 Å². The van der Waals surface area contributed by atoms with Crippen LogP contribution in [0.25, 0.3) is 0 Å². The summed E-state index contributed by atoms with van der Waals surface area (Å²) in [6.07, 6.45) is 5.30. The third-order valence-corrected chi connectivity index (χ3v) is 9.10. The molecule has 1 aromatic carbocycles. The first kappa shape index (κ1) is 30.2. The number of carbonyl (C=O) groups excluding carboxylic acids is 4. The zero-order valence-corrected chi connectivity index (χ0v) is 25.6. The molecular weight excluding hydrogens is 569 g/mol. The number of hydrogen-bond acceptors (Lipinski definition) is 8.